The molecule has 2 heterocycles. The van der Waals surface area contributed by atoms with E-state index in [2.05, 4.69) is 15.9 Å². The summed E-state index contributed by atoms with van der Waals surface area (Å²) in [5, 5.41) is 0. The zero-order chi connectivity index (χ0) is 11.5. The van der Waals surface area contributed by atoms with Crippen molar-refractivity contribution in [2.75, 3.05) is 38.6 Å². The fourth-order valence-corrected chi connectivity index (χ4v) is 2.21. The minimum atomic E-state index is 0.177. The number of rotatable bonds is 4. The Balaban J connectivity index is 2.11. The third-order valence-corrected chi connectivity index (χ3v) is 3.21. The van der Waals surface area contributed by atoms with E-state index in [1.54, 1.807) is 0 Å². The highest BCUT2D eigenvalue weighted by atomic mass is 16.4. The highest BCUT2D eigenvalue weighted by Gasteiger charge is 2.20. The summed E-state index contributed by atoms with van der Waals surface area (Å²) < 4.78 is 5.89. The maximum absolute atomic E-state index is 5.89. The van der Waals surface area contributed by atoms with Crippen molar-refractivity contribution in [2.24, 2.45) is 5.73 Å². The molecule has 2 rings (SSSR count). The predicted octanol–water partition coefficient (Wildman–Crippen LogP) is 1.44. The van der Waals surface area contributed by atoms with Crippen molar-refractivity contribution in [3.8, 4) is 0 Å². The standard InChI is InChI=1S/C12H21N3O/c1-14(2)10(9-13)11-5-6-12(16-11)15-7-3-4-8-15/h5-6,10H,3-4,7-9,13H2,1-2H3/t10-/m0/s1. The van der Waals surface area contributed by atoms with Gasteiger partial charge in [-0.25, -0.2) is 0 Å². The SMILES string of the molecule is CN(C)[C@@H](CN)c1ccc(N2CCCC2)o1. The molecule has 0 amide bonds. The second-order valence-corrected chi connectivity index (χ2v) is 4.59. The molecule has 1 aromatic heterocycles. The van der Waals surface area contributed by atoms with E-state index in [0.29, 0.717) is 6.54 Å². The van der Waals surface area contributed by atoms with E-state index in [0.717, 1.165) is 24.7 Å². The van der Waals surface area contributed by atoms with Gasteiger partial charge in [0.1, 0.15) is 5.76 Å². The smallest absolute Gasteiger partial charge is 0.195 e. The summed E-state index contributed by atoms with van der Waals surface area (Å²) in [6.45, 7) is 2.81. The van der Waals surface area contributed by atoms with Crippen LogP contribution in [0.3, 0.4) is 0 Å². The van der Waals surface area contributed by atoms with Crippen molar-refractivity contribution in [3.63, 3.8) is 0 Å². The van der Waals surface area contributed by atoms with Gasteiger partial charge in [-0.15, -0.1) is 0 Å². The summed E-state index contributed by atoms with van der Waals surface area (Å²) in [6, 6.07) is 4.29. The highest BCUT2D eigenvalue weighted by Crippen LogP contribution is 2.27. The van der Waals surface area contributed by atoms with Crippen LogP contribution in [0.4, 0.5) is 5.88 Å². The van der Waals surface area contributed by atoms with E-state index in [9.17, 15) is 0 Å². The summed E-state index contributed by atoms with van der Waals surface area (Å²) in [5.41, 5.74) is 5.75. The van der Waals surface area contributed by atoms with E-state index in [4.69, 9.17) is 10.2 Å². The molecule has 0 bridgehead atoms. The third-order valence-electron chi connectivity index (χ3n) is 3.21. The van der Waals surface area contributed by atoms with Crippen LogP contribution in [0.5, 0.6) is 0 Å². The lowest BCUT2D eigenvalue weighted by Gasteiger charge is -2.20. The molecule has 2 N–H and O–H groups in total. The number of anilines is 1. The van der Waals surface area contributed by atoms with Gasteiger partial charge in [-0.3, -0.25) is 4.90 Å². The molecule has 4 nitrogen and oxygen atoms in total. The number of likely N-dealkylation sites (N-methyl/N-ethyl adjacent to an activating group) is 1. The number of nitrogens with zero attached hydrogens (tertiary/aromatic N) is 2. The topological polar surface area (TPSA) is 45.6 Å². The van der Waals surface area contributed by atoms with Gasteiger partial charge in [0.2, 0.25) is 0 Å². The van der Waals surface area contributed by atoms with Crippen LogP contribution in [0.25, 0.3) is 0 Å². The van der Waals surface area contributed by atoms with E-state index < -0.39 is 0 Å². The fourth-order valence-electron chi connectivity index (χ4n) is 2.21. The van der Waals surface area contributed by atoms with Crippen molar-refractivity contribution < 1.29 is 4.42 Å². The monoisotopic (exact) mass is 223 g/mol. The van der Waals surface area contributed by atoms with Gasteiger partial charge in [0.25, 0.3) is 0 Å². The lowest BCUT2D eigenvalue weighted by Crippen LogP contribution is -2.26. The van der Waals surface area contributed by atoms with Gasteiger partial charge < -0.3 is 15.1 Å². The van der Waals surface area contributed by atoms with Gasteiger partial charge in [-0.05, 0) is 33.0 Å². The molecular weight excluding hydrogens is 202 g/mol. The summed E-state index contributed by atoms with van der Waals surface area (Å²) in [4.78, 5) is 4.39. The number of hydrogen-bond acceptors (Lipinski definition) is 4. The van der Waals surface area contributed by atoms with Crippen LogP contribution >= 0.6 is 0 Å². The summed E-state index contributed by atoms with van der Waals surface area (Å²) in [5.74, 6) is 1.96. The van der Waals surface area contributed by atoms with Crippen LogP contribution in [-0.4, -0.2) is 38.6 Å². The molecule has 1 aromatic rings. The average molecular weight is 223 g/mol. The van der Waals surface area contributed by atoms with Crippen molar-refractivity contribution in [2.45, 2.75) is 18.9 Å². The van der Waals surface area contributed by atoms with Gasteiger partial charge in [0.05, 0.1) is 6.04 Å². The van der Waals surface area contributed by atoms with Crippen LogP contribution in [0.2, 0.25) is 0 Å². The van der Waals surface area contributed by atoms with E-state index in [1.165, 1.54) is 12.8 Å². The molecule has 16 heavy (non-hydrogen) atoms. The Morgan fingerprint density at radius 3 is 2.62 bits per heavy atom. The first kappa shape index (κ1) is 11.5. The van der Waals surface area contributed by atoms with E-state index in [-0.39, 0.29) is 6.04 Å². The summed E-state index contributed by atoms with van der Waals surface area (Å²) in [7, 11) is 4.05. The second kappa shape index (κ2) is 4.89. The molecule has 1 saturated heterocycles. The van der Waals surface area contributed by atoms with Crippen molar-refractivity contribution >= 4 is 5.88 Å². The summed E-state index contributed by atoms with van der Waals surface area (Å²) in [6.07, 6.45) is 2.54. The van der Waals surface area contributed by atoms with Gasteiger partial charge in [-0.1, -0.05) is 0 Å². The molecule has 0 saturated carbocycles. The molecule has 1 fully saturated rings. The third kappa shape index (κ3) is 2.23. The van der Waals surface area contributed by atoms with Crippen LogP contribution < -0.4 is 10.6 Å². The lowest BCUT2D eigenvalue weighted by atomic mass is 10.2. The Morgan fingerprint density at radius 1 is 1.38 bits per heavy atom. The Morgan fingerprint density at radius 2 is 2.06 bits per heavy atom. The molecule has 1 atom stereocenters. The largest absolute Gasteiger partial charge is 0.444 e. The Bertz CT molecular complexity index is 329. The molecule has 0 spiro atoms. The van der Waals surface area contributed by atoms with Crippen LogP contribution in [0.1, 0.15) is 24.6 Å². The molecule has 4 heteroatoms. The molecule has 0 aromatic carbocycles. The maximum atomic E-state index is 5.89. The second-order valence-electron chi connectivity index (χ2n) is 4.59. The van der Waals surface area contributed by atoms with Gasteiger partial charge in [-0.2, -0.15) is 0 Å². The molecule has 1 aliphatic rings. The molecule has 90 valence electrons. The van der Waals surface area contributed by atoms with Gasteiger partial charge >= 0.3 is 0 Å². The maximum Gasteiger partial charge on any atom is 0.195 e. The predicted molar refractivity (Wildman–Crippen MR) is 65.6 cm³/mol. The Labute approximate surface area is 97.0 Å². The fraction of sp³-hybridized carbons (Fsp3) is 0.667. The van der Waals surface area contributed by atoms with Crippen LogP contribution in [0, 0.1) is 0 Å². The Hall–Kier alpha value is -1.00. The minimum Gasteiger partial charge on any atom is -0.444 e. The van der Waals surface area contributed by atoms with Gasteiger partial charge in [0.15, 0.2) is 5.88 Å². The molecule has 0 aliphatic carbocycles. The quantitative estimate of drug-likeness (QED) is 0.839. The summed E-state index contributed by atoms with van der Waals surface area (Å²) >= 11 is 0. The van der Waals surface area contributed by atoms with E-state index >= 15 is 0 Å². The number of hydrogen-bond donors (Lipinski definition) is 1. The number of nitrogens with two attached hydrogens (primary N) is 1. The molecule has 0 unspecified atom stereocenters. The van der Waals surface area contributed by atoms with Crippen molar-refractivity contribution in [1.82, 2.24) is 4.90 Å². The Kier molecular flexibility index (Phi) is 3.51. The van der Waals surface area contributed by atoms with Crippen LogP contribution in [0.15, 0.2) is 16.5 Å². The molecule has 1 aliphatic heterocycles. The zero-order valence-electron chi connectivity index (χ0n) is 10.1. The number of furan rings is 1. The first-order valence-electron chi connectivity index (χ1n) is 5.93. The zero-order valence-corrected chi connectivity index (χ0v) is 10.1. The van der Waals surface area contributed by atoms with Gasteiger partial charge in [0, 0.05) is 25.7 Å². The minimum absolute atomic E-state index is 0.177. The van der Waals surface area contributed by atoms with Crippen molar-refractivity contribution in [3.05, 3.63) is 17.9 Å². The normalized spacial score (nSPS) is 18.4. The molecule has 0 radical (unpaired) electrons. The highest BCUT2D eigenvalue weighted by molar-refractivity contribution is 5.38. The van der Waals surface area contributed by atoms with Crippen LogP contribution in [-0.2, 0) is 0 Å². The average Bonchev–Trinajstić information content (AvgIpc) is 2.86. The first-order valence-corrected chi connectivity index (χ1v) is 5.93. The van der Waals surface area contributed by atoms with E-state index in [1.807, 2.05) is 20.2 Å². The first-order chi connectivity index (χ1) is 7.72. The lowest BCUT2D eigenvalue weighted by molar-refractivity contribution is 0.265. The van der Waals surface area contributed by atoms with Crippen molar-refractivity contribution in [1.29, 1.82) is 0 Å². The molecular formula is C12H21N3O.